The van der Waals surface area contributed by atoms with Gasteiger partial charge < -0.3 is 47.4 Å². The van der Waals surface area contributed by atoms with Crippen LogP contribution in [0.4, 0.5) is 0 Å². The fraction of sp³-hybridized carbons (Fsp3) is 0.545. The summed E-state index contributed by atoms with van der Waals surface area (Å²) in [5.41, 5.74) is 1.72. The Kier molecular flexibility index (Phi) is 11.4. The van der Waals surface area contributed by atoms with Gasteiger partial charge in [-0.05, 0) is 12.5 Å². The lowest BCUT2D eigenvalue weighted by Gasteiger charge is -2.50. The molecule has 2 aromatic rings. The van der Waals surface area contributed by atoms with Crippen molar-refractivity contribution < 1.29 is 61.8 Å². The van der Waals surface area contributed by atoms with Crippen LogP contribution in [0.25, 0.3) is 0 Å². The predicted octanol–water partition coefficient (Wildman–Crippen LogP) is 2.98. The molecular weight excluding hydrogens is 604 g/mol. The van der Waals surface area contributed by atoms with Gasteiger partial charge in [-0.2, -0.15) is 0 Å². The third-order valence-corrected chi connectivity index (χ3v) is 7.80. The molecule has 2 aromatic carbocycles. The van der Waals surface area contributed by atoms with Crippen LogP contribution < -0.4 is 0 Å². The molecular formula is C33H40O13. The number of fused-ring (bicyclic) bond motifs is 1. The SMILES string of the molecule is CO[C@@H]1O[C@H]2CO[C@@H](c3ccccc3)O[C@H]2[C@H](OCc2ccccc2)[C@H]1O[C@@H]1O[C@H](C)[C@H](OC(C)=O)[C@H](OC(C)=O)[C@@H]1OC(C)=O. The first-order valence-electron chi connectivity index (χ1n) is 15.1. The third kappa shape index (κ3) is 8.10. The van der Waals surface area contributed by atoms with E-state index in [9.17, 15) is 14.4 Å². The van der Waals surface area contributed by atoms with E-state index < -0.39 is 85.6 Å². The quantitative estimate of drug-likeness (QED) is 0.276. The van der Waals surface area contributed by atoms with Crippen molar-refractivity contribution in [3.05, 3.63) is 71.8 Å². The number of esters is 3. The van der Waals surface area contributed by atoms with E-state index in [0.717, 1.165) is 11.1 Å². The summed E-state index contributed by atoms with van der Waals surface area (Å²) in [4.78, 5) is 36.4. The van der Waals surface area contributed by atoms with E-state index in [4.69, 9.17) is 47.4 Å². The summed E-state index contributed by atoms with van der Waals surface area (Å²) >= 11 is 0. The average molecular weight is 645 g/mol. The van der Waals surface area contributed by atoms with Crippen molar-refractivity contribution in [1.29, 1.82) is 0 Å². The van der Waals surface area contributed by atoms with Gasteiger partial charge in [-0.3, -0.25) is 14.4 Å². The van der Waals surface area contributed by atoms with Gasteiger partial charge in [-0.1, -0.05) is 60.7 Å². The molecule has 5 rings (SSSR count). The largest absolute Gasteiger partial charge is 0.456 e. The number of hydrogen-bond donors (Lipinski definition) is 0. The second kappa shape index (κ2) is 15.4. The molecule has 250 valence electrons. The number of ether oxygens (including phenoxy) is 10. The number of carbonyl (C=O) groups excluding carboxylic acids is 3. The zero-order valence-electron chi connectivity index (χ0n) is 26.3. The fourth-order valence-electron chi connectivity index (χ4n) is 5.85. The molecule has 11 atom stereocenters. The summed E-state index contributed by atoms with van der Waals surface area (Å²) in [5, 5.41) is 0. The van der Waals surface area contributed by atoms with Crippen molar-refractivity contribution in [3.63, 3.8) is 0 Å². The van der Waals surface area contributed by atoms with Gasteiger partial charge >= 0.3 is 17.9 Å². The Morgan fingerprint density at radius 2 is 1.33 bits per heavy atom. The maximum absolute atomic E-state index is 12.3. The monoisotopic (exact) mass is 644 g/mol. The summed E-state index contributed by atoms with van der Waals surface area (Å²) in [6.45, 7) is 5.62. The molecule has 13 nitrogen and oxygen atoms in total. The van der Waals surface area contributed by atoms with E-state index in [1.54, 1.807) is 6.92 Å². The zero-order valence-corrected chi connectivity index (χ0v) is 26.3. The molecule has 0 spiro atoms. The summed E-state index contributed by atoms with van der Waals surface area (Å²) in [7, 11) is 1.46. The van der Waals surface area contributed by atoms with E-state index in [2.05, 4.69) is 0 Å². The van der Waals surface area contributed by atoms with Crippen LogP contribution >= 0.6 is 0 Å². The number of carbonyl (C=O) groups is 3. The maximum Gasteiger partial charge on any atom is 0.303 e. The van der Waals surface area contributed by atoms with Gasteiger partial charge in [0.2, 0.25) is 0 Å². The molecule has 3 saturated heterocycles. The molecule has 0 saturated carbocycles. The van der Waals surface area contributed by atoms with Crippen LogP contribution in [0.1, 0.15) is 45.1 Å². The highest BCUT2D eigenvalue weighted by Gasteiger charge is 2.56. The van der Waals surface area contributed by atoms with Gasteiger partial charge in [0.1, 0.15) is 24.4 Å². The van der Waals surface area contributed by atoms with Crippen LogP contribution in [0.5, 0.6) is 0 Å². The third-order valence-electron chi connectivity index (χ3n) is 7.80. The van der Waals surface area contributed by atoms with Gasteiger partial charge in [0.05, 0.1) is 19.3 Å². The molecule has 0 unspecified atom stereocenters. The number of methoxy groups -OCH3 is 1. The minimum absolute atomic E-state index is 0.188. The lowest BCUT2D eigenvalue weighted by molar-refractivity contribution is -0.394. The zero-order chi connectivity index (χ0) is 32.8. The van der Waals surface area contributed by atoms with Crippen LogP contribution in [0.15, 0.2) is 60.7 Å². The minimum atomic E-state index is -1.33. The molecule has 0 radical (unpaired) electrons. The van der Waals surface area contributed by atoms with Gasteiger partial charge in [0, 0.05) is 33.4 Å². The number of rotatable bonds is 10. The van der Waals surface area contributed by atoms with E-state index >= 15 is 0 Å². The van der Waals surface area contributed by atoms with Crippen LogP contribution in [0, 0.1) is 0 Å². The molecule has 13 heteroatoms. The number of hydrogen-bond acceptors (Lipinski definition) is 13. The Morgan fingerprint density at radius 3 is 1.96 bits per heavy atom. The van der Waals surface area contributed by atoms with Crippen molar-refractivity contribution in [2.24, 2.45) is 0 Å². The fourth-order valence-corrected chi connectivity index (χ4v) is 5.85. The highest BCUT2D eigenvalue weighted by molar-refractivity contribution is 5.68. The molecule has 0 amide bonds. The van der Waals surface area contributed by atoms with Crippen molar-refractivity contribution in [3.8, 4) is 0 Å². The Labute approximate surface area is 267 Å². The lowest BCUT2D eigenvalue weighted by Crippen LogP contribution is -2.67. The first-order chi connectivity index (χ1) is 22.1. The van der Waals surface area contributed by atoms with E-state index in [1.807, 2.05) is 60.7 Å². The second-order valence-electron chi connectivity index (χ2n) is 11.2. The van der Waals surface area contributed by atoms with E-state index in [0.29, 0.717) is 0 Å². The van der Waals surface area contributed by atoms with Gasteiger partial charge in [-0.25, -0.2) is 0 Å². The van der Waals surface area contributed by atoms with Gasteiger partial charge in [0.15, 0.2) is 37.2 Å². The van der Waals surface area contributed by atoms with Crippen LogP contribution in [0.3, 0.4) is 0 Å². The van der Waals surface area contributed by atoms with Crippen molar-refractivity contribution >= 4 is 17.9 Å². The van der Waals surface area contributed by atoms with Crippen molar-refractivity contribution in [2.75, 3.05) is 13.7 Å². The Bertz CT molecular complexity index is 1310. The second-order valence-corrected chi connectivity index (χ2v) is 11.2. The van der Waals surface area contributed by atoms with Gasteiger partial charge in [-0.15, -0.1) is 0 Å². The van der Waals surface area contributed by atoms with E-state index in [1.165, 1.54) is 27.9 Å². The smallest absolute Gasteiger partial charge is 0.303 e. The van der Waals surface area contributed by atoms with Crippen LogP contribution in [-0.4, -0.2) is 93.0 Å². The molecule has 0 aliphatic carbocycles. The average Bonchev–Trinajstić information content (AvgIpc) is 3.03. The first kappa shape index (κ1) is 33.9. The maximum atomic E-state index is 12.3. The van der Waals surface area contributed by atoms with Crippen LogP contribution in [-0.2, 0) is 68.4 Å². The Morgan fingerprint density at radius 1 is 0.717 bits per heavy atom. The molecule has 3 heterocycles. The lowest BCUT2D eigenvalue weighted by atomic mass is 9.96. The van der Waals surface area contributed by atoms with Crippen molar-refractivity contribution in [2.45, 2.75) is 102 Å². The molecule has 3 fully saturated rings. The summed E-state index contributed by atoms with van der Waals surface area (Å²) < 4.78 is 60.4. The van der Waals surface area contributed by atoms with Crippen LogP contribution in [0.2, 0.25) is 0 Å². The topological polar surface area (TPSA) is 144 Å². The summed E-state index contributed by atoms with van der Waals surface area (Å²) in [6, 6.07) is 19.1. The van der Waals surface area contributed by atoms with E-state index in [-0.39, 0.29) is 13.2 Å². The molecule has 0 aromatic heterocycles. The minimum Gasteiger partial charge on any atom is -0.456 e. The molecule has 0 bridgehead atoms. The molecule has 0 N–H and O–H groups in total. The molecule has 46 heavy (non-hydrogen) atoms. The van der Waals surface area contributed by atoms with Gasteiger partial charge in [0.25, 0.3) is 0 Å². The van der Waals surface area contributed by atoms with Crippen molar-refractivity contribution in [1.82, 2.24) is 0 Å². The predicted molar refractivity (Wildman–Crippen MR) is 157 cm³/mol. The summed E-state index contributed by atoms with van der Waals surface area (Å²) in [6.07, 6.45) is -10.6. The molecule has 3 aliphatic rings. The highest BCUT2D eigenvalue weighted by Crippen LogP contribution is 2.39. The standard InChI is InChI=1S/C33H40O13/c1-18-25(41-19(2)34)28(42-20(3)35)30(43-21(4)36)33(40-18)46-29-27(38-16-22-12-8-6-9-13-22)26-24(44-32(29)37-5)17-39-31(45-26)23-14-10-7-11-15-23/h6-15,18,24-33H,16-17H2,1-5H3/t18-,24+,25+,26-,27+,28+,29-,30+,31-,32-,33+/m1/s1. The Hall–Kier alpha value is -3.43. The normalized spacial score (nSPS) is 34.2. The highest BCUT2D eigenvalue weighted by atomic mass is 16.8. The Balaban J connectivity index is 1.48. The summed E-state index contributed by atoms with van der Waals surface area (Å²) in [5.74, 6) is -2.02. The molecule has 3 aliphatic heterocycles. The number of benzene rings is 2. The first-order valence-corrected chi connectivity index (χ1v) is 15.1.